The SMILES string of the molecule is O=C(CN1CCN(C(=O)CN2CCCC2c2ccc3c(c2)OCCCO3)CC1)Nc1cccc(F)c1. The highest BCUT2D eigenvalue weighted by Crippen LogP contribution is 2.37. The average molecular weight is 497 g/mol. The number of nitrogens with zero attached hydrogens (tertiary/aromatic N) is 3. The van der Waals surface area contributed by atoms with Crippen LogP contribution in [0.3, 0.4) is 0 Å². The Morgan fingerprint density at radius 1 is 0.917 bits per heavy atom. The summed E-state index contributed by atoms with van der Waals surface area (Å²) in [5.41, 5.74) is 1.61. The summed E-state index contributed by atoms with van der Waals surface area (Å²) in [4.78, 5) is 31.6. The molecular formula is C27H33FN4O4. The van der Waals surface area contributed by atoms with Crippen LogP contribution in [0.2, 0.25) is 0 Å². The van der Waals surface area contributed by atoms with E-state index in [0.717, 1.165) is 37.3 Å². The molecule has 3 aliphatic heterocycles. The quantitative estimate of drug-likeness (QED) is 0.663. The second kappa shape index (κ2) is 11.3. The monoisotopic (exact) mass is 496 g/mol. The van der Waals surface area contributed by atoms with E-state index in [2.05, 4.69) is 22.3 Å². The minimum Gasteiger partial charge on any atom is -0.490 e. The van der Waals surface area contributed by atoms with E-state index in [9.17, 15) is 14.0 Å². The lowest BCUT2D eigenvalue weighted by Gasteiger charge is -2.35. The number of carbonyl (C=O) groups excluding carboxylic acids is 2. The van der Waals surface area contributed by atoms with Crippen LogP contribution in [0, 0.1) is 5.82 Å². The highest BCUT2D eigenvalue weighted by Gasteiger charge is 2.31. The van der Waals surface area contributed by atoms with Gasteiger partial charge in [-0.05, 0) is 55.3 Å². The first-order chi connectivity index (χ1) is 17.5. The maximum atomic E-state index is 13.3. The Kier molecular flexibility index (Phi) is 7.67. The number of nitrogens with one attached hydrogen (secondary N) is 1. The minimum absolute atomic E-state index is 0.125. The van der Waals surface area contributed by atoms with Gasteiger partial charge in [-0.25, -0.2) is 4.39 Å². The third-order valence-electron chi connectivity index (χ3n) is 7.06. The summed E-state index contributed by atoms with van der Waals surface area (Å²) in [6, 6.07) is 12.2. The van der Waals surface area contributed by atoms with E-state index in [-0.39, 0.29) is 30.2 Å². The van der Waals surface area contributed by atoms with Crippen molar-refractivity contribution >= 4 is 17.5 Å². The van der Waals surface area contributed by atoms with E-state index in [4.69, 9.17) is 9.47 Å². The molecule has 9 heteroatoms. The molecule has 5 rings (SSSR count). The number of rotatable bonds is 6. The fourth-order valence-corrected chi connectivity index (χ4v) is 5.18. The van der Waals surface area contributed by atoms with Crippen LogP contribution >= 0.6 is 0 Å². The van der Waals surface area contributed by atoms with Gasteiger partial charge in [0.25, 0.3) is 0 Å². The molecule has 0 spiro atoms. The van der Waals surface area contributed by atoms with Crippen molar-refractivity contribution in [2.24, 2.45) is 0 Å². The number of halogens is 1. The maximum absolute atomic E-state index is 13.3. The molecule has 3 heterocycles. The molecule has 1 unspecified atom stereocenters. The lowest BCUT2D eigenvalue weighted by atomic mass is 10.0. The number of hydrogen-bond donors (Lipinski definition) is 1. The number of benzene rings is 2. The van der Waals surface area contributed by atoms with Crippen LogP contribution in [0.5, 0.6) is 11.5 Å². The number of amides is 2. The van der Waals surface area contributed by atoms with Crippen LogP contribution in [0.4, 0.5) is 10.1 Å². The summed E-state index contributed by atoms with van der Waals surface area (Å²) in [6.07, 6.45) is 2.95. The smallest absolute Gasteiger partial charge is 0.238 e. The van der Waals surface area contributed by atoms with E-state index in [1.807, 2.05) is 15.9 Å². The molecule has 0 bridgehead atoms. The Labute approximate surface area is 210 Å². The second-order valence-electron chi connectivity index (χ2n) is 9.60. The summed E-state index contributed by atoms with van der Waals surface area (Å²) in [7, 11) is 0. The van der Waals surface area contributed by atoms with Gasteiger partial charge in [-0.1, -0.05) is 12.1 Å². The molecule has 2 aromatic rings. The highest BCUT2D eigenvalue weighted by atomic mass is 19.1. The molecule has 8 nitrogen and oxygen atoms in total. The number of carbonyl (C=O) groups is 2. The summed E-state index contributed by atoms with van der Waals surface area (Å²) >= 11 is 0. The number of likely N-dealkylation sites (tertiary alicyclic amines) is 1. The van der Waals surface area contributed by atoms with E-state index in [0.29, 0.717) is 51.6 Å². The fraction of sp³-hybridized carbons (Fsp3) is 0.481. The van der Waals surface area contributed by atoms with Crippen molar-refractivity contribution in [2.45, 2.75) is 25.3 Å². The predicted octanol–water partition coefficient (Wildman–Crippen LogP) is 2.91. The molecule has 0 aliphatic carbocycles. The Hall–Kier alpha value is -3.17. The molecular weight excluding hydrogens is 463 g/mol. The zero-order valence-corrected chi connectivity index (χ0v) is 20.5. The minimum atomic E-state index is -0.385. The third-order valence-corrected chi connectivity index (χ3v) is 7.06. The van der Waals surface area contributed by atoms with Gasteiger partial charge >= 0.3 is 0 Å². The van der Waals surface area contributed by atoms with Crippen molar-refractivity contribution in [1.29, 1.82) is 0 Å². The van der Waals surface area contributed by atoms with Gasteiger partial charge in [-0.2, -0.15) is 0 Å². The zero-order valence-electron chi connectivity index (χ0n) is 20.5. The summed E-state index contributed by atoms with van der Waals surface area (Å²) in [5.74, 6) is 1.14. The van der Waals surface area contributed by atoms with Crippen LogP contribution in [-0.2, 0) is 9.59 Å². The topological polar surface area (TPSA) is 74.4 Å². The van der Waals surface area contributed by atoms with Gasteiger partial charge in [0, 0.05) is 44.3 Å². The van der Waals surface area contributed by atoms with Crippen LogP contribution < -0.4 is 14.8 Å². The number of anilines is 1. The van der Waals surface area contributed by atoms with Crippen molar-refractivity contribution in [2.75, 3.05) is 64.3 Å². The summed E-state index contributed by atoms with van der Waals surface area (Å²) in [5, 5.41) is 2.73. The Morgan fingerprint density at radius 2 is 1.72 bits per heavy atom. The highest BCUT2D eigenvalue weighted by molar-refractivity contribution is 5.92. The Balaban J connectivity index is 1.11. The van der Waals surface area contributed by atoms with Crippen LogP contribution in [-0.4, -0.2) is 85.5 Å². The first-order valence-corrected chi connectivity index (χ1v) is 12.7. The molecule has 36 heavy (non-hydrogen) atoms. The molecule has 2 saturated heterocycles. The Morgan fingerprint density at radius 3 is 2.53 bits per heavy atom. The normalized spacial score (nSPS) is 20.7. The number of fused-ring (bicyclic) bond motifs is 1. The molecule has 1 N–H and O–H groups in total. The number of piperazine rings is 1. The average Bonchev–Trinajstić information content (AvgIpc) is 3.19. The van der Waals surface area contributed by atoms with E-state index in [1.165, 1.54) is 17.7 Å². The lowest BCUT2D eigenvalue weighted by Crippen LogP contribution is -2.52. The van der Waals surface area contributed by atoms with Crippen molar-refractivity contribution in [3.05, 3.63) is 53.8 Å². The van der Waals surface area contributed by atoms with Crippen molar-refractivity contribution in [3.63, 3.8) is 0 Å². The van der Waals surface area contributed by atoms with Crippen molar-refractivity contribution in [1.82, 2.24) is 14.7 Å². The standard InChI is InChI=1S/C27H33FN4O4/c28-21-4-1-5-22(17-21)29-26(33)18-30-10-12-31(13-11-30)27(34)19-32-9-2-6-23(32)20-7-8-24-25(16-20)36-15-3-14-35-24/h1,4-5,7-8,16-17,23H,2-3,6,9-15,18-19H2,(H,29,33). The van der Waals surface area contributed by atoms with Crippen LogP contribution in [0.15, 0.2) is 42.5 Å². The van der Waals surface area contributed by atoms with Gasteiger partial charge < -0.3 is 19.7 Å². The molecule has 2 fully saturated rings. The second-order valence-corrected chi connectivity index (χ2v) is 9.60. The molecule has 192 valence electrons. The largest absolute Gasteiger partial charge is 0.490 e. The number of hydrogen-bond acceptors (Lipinski definition) is 6. The van der Waals surface area contributed by atoms with Crippen molar-refractivity contribution < 1.29 is 23.5 Å². The maximum Gasteiger partial charge on any atom is 0.238 e. The van der Waals surface area contributed by atoms with E-state index < -0.39 is 0 Å². The molecule has 1 atom stereocenters. The summed E-state index contributed by atoms with van der Waals surface area (Å²) in [6.45, 7) is 5.27. The van der Waals surface area contributed by atoms with Crippen LogP contribution in [0.25, 0.3) is 0 Å². The van der Waals surface area contributed by atoms with E-state index >= 15 is 0 Å². The molecule has 2 amide bonds. The Bertz CT molecular complexity index is 1090. The van der Waals surface area contributed by atoms with Gasteiger partial charge in [0.2, 0.25) is 11.8 Å². The fourth-order valence-electron chi connectivity index (χ4n) is 5.18. The first-order valence-electron chi connectivity index (χ1n) is 12.7. The third kappa shape index (κ3) is 5.96. The summed E-state index contributed by atoms with van der Waals surface area (Å²) < 4.78 is 25.0. The molecule has 0 saturated carbocycles. The van der Waals surface area contributed by atoms with Crippen LogP contribution in [0.1, 0.15) is 30.9 Å². The molecule has 0 aromatic heterocycles. The van der Waals surface area contributed by atoms with Gasteiger partial charge in [-0.15, -0.1) is 0 Å². The number of ether oxygens (including phenoxy) is 2. The van der Waals surface area contributed by atoms with Gasteiger partial charge in [0.05, 0.1) is 26.3 Å². The molecule has 2 aromatic carbocycles. The molecule has 0 radical (unpaired) electrons. The van der Waals surface area contributed by atoms with E-state index in [1.54, 1.807) is 12.1 Å². The van der Waals surface area contributed by atoms with Crippen molar-refractivity contribution in [3.8, 4) is 11.5 Å². The first kappa shape index (κ1) is 24.5. The lowest BCUT2D eigenvalue weighted by molar-refractivity contribution is -0.134. The zero-order chi connectivity index (χ0) is 24.9. The molecule has 3 aliphatic rings. The van der Waals surface area contributed by atoms with Gasteiger partial charge in [0.15, 0.2) is 11.5 Å². The predicted molar refractivity (Wildman–Crippen MR) is 134 cm³/mol. The van der Waals surface area contributed by atoms with Gasteiger partial charge in [-0.3, -0.25) is 19.4 Å². The van der Waals surface area contributed by atoms with Gasteiger partial charge in [0.1, 0.15) is 5.82 Å².